The summed E-state index contributed by atoms with van der Waals surface area (Å²) in [5.41, 5.74) is 11.9. The Balaban J connectivity index is -0.000000235. The lowest BCUT2D eigenvalue weighted by atomic mass is 11.3. The minimum atomic E-state index is -2.02. The Morgan fingerprint density at radius 3 is 0.422 bits per heavy atom. The summed E-state index contributed by atoms with van der Waals surface area (Å²) in [6, 6.07) is 0. The van der Waals surface area contributed by atoms with E-state index < -0.39 is 153 Å². The number of hydrogen-bond acceptors (Lipinski definition) is 18. The highest BCUT2D eigenvalue weighted by Crippen LogP contribution is 2.30. The maximum Gasteiger partial charge on any atom is 0.333 e. The molecule has 0 aliphatic carbocycles. The quantitative estimate of drug-likeness (QED) is 0.0533. The molecule has 546 valence electrons. The van der Waals surface area contributed by atoms with E-state index in [0.29, 0.717) is 0 Å². The molecular formula is C54H150O18Si18. The second kappa shape index (κ2) is 45.3. The smallest absolute Gasteiger partial charge is 0.333 e. The van der Waals surface area contributed by atoms with Crippen LogP contribution >= 0.6 is 0 Å². The molecule has 0 rings (SSSR count). The van der Waals surface area contributed by atoms with Gasteiger partial charge in [-0.3, -0.25) is 0 Å². The lowest BCUT2D eigenvalue weighted by Crippen LogP contribution is -2.51. The van der Waals surface area contributed by atoms with Crippen molar-refractivity contribution in [2.24, 2.45) is 0 Å². The van der Waals surface area contributed by atoms with Gasteiger partial charge in [0.05, 0.1) is 0 Å². The van der Waals surface area contributed by atoms with E-state index in [2.05, 4.69) is 216 Å². The van der Waals surface area contributed by atoms with Crippen molar-refractivity contribution in [1.82, 2.24) is 0 Å². The van der Waals surface area contributed by atoms with Gasteiger partial charge >= 0.3 is 51.4 Å². The van der Waals surface area contributed by atoms with Crippen LogP contribution in [-0.2, 0) is 77.8 Å². The van der Waals surface area contributed by atoms with Crippen LogP contribution < -0.4 is 0 Å². The zero-order valence-corrected chi connectivity index (χ0v) is 85.1. The second-order valence-corrected chi connectivity index (χ2v) is 101. The largest absolute Gasteiger partial charge is 0.458 e. The van der Waals surface area contributed by atoms with Gasteiger partial charge in [-0.2, -0.15) is 0 Å². The molecule has 0 radical (unpaired) electrons. The highest BCUT2D eigenvalue weighted by molar-refractivity contribution is 6.96. The van der Waals surface area contributed by atoms with Gasteiger partial charge in [-0.1, -0.05) is 17.1 Å². The summed E-state index contributed by atoms with van der Waals surface area (Å²) in [4.78, 5) is 0. The Hall–Kier alpha value is 2.40. The molecule has 0 aliphatic rings. The zero-order valence-electron chi connectivity index (χ0n) is 66.7. The van der Waals surface area contributed by atoms with Gasteiger partial charge in [0.15, 0.2) is 102 Å². The first-order chi connectivity index (χ1) is 40.0. The van der Waals surface area contributed by atoms with Crippen LogP contribution in [0.4, 0.5) is 0 Å². The van der Waals surface area contributed by atoms with Crippen molar-refractivity contribution in [2.45, 2.75) is 230 Å². The van der Waals surface area contributed by atoms with Crippen LogP contribution in [0.25, 0.3) is 0 Å². The minimum absolute atomic E-state index is 0.934. The molecule has 0 bridgehead atoms. The maximum atomic E-state index is 6.31. The van der Waals surface area contributed by atoms with E-state index in [0.717, 1.165) is 34.0 Å². The lowest BCUT2D eigenvalue weighted by Gasteiger charge is -2.36. The molecule has 0 aromatic rings. The molecule has 0 aliphatic heterocycles. The van der Waals surface area contributed by atoms with Gasteiger partial charge in [0.25, 0.3) is 0 Å². The van der Waals surface area contributed by atoms with Gasteiger partial charge in [-0.05, 0) is 196 Å². The van der Waals surface area contributed by atoms with Crippen LogP contribution in [0.2, 0.25) is 230 Å². The fraction of sp³-hybridized carbons (Fsp3) is 0.889. The molecule has 0 N–H and O–H groups in total. The van der Waals surface area contributed by atoms with Crippen molar-refractivity contribution in [3.05, 3.63) is 36.8 Å². The molecule has 0 spiro atoms. The average molecular weight is 1590 g/mol. The SMILES string of the molecule is C=C[Si](C)(C)O[Si](C)(C)C[Si](C)(OC)OC.C=C[Si](C)(C)O[Si](C)(C)C[Si](C)(OC)OC.C=C[Si](C)(C)O[Si](C)(C)C[Si](C)(OC)OC.CO[Si](C)(C[Si](C)(C)O[SiH](C)C)OC.CO[Si](C)(C[Si](C)(C)O[SiH](C)C)OC.CO[Si](C)(C[Si](C)(C)O[SiH](C)C)OC. The molecule has 0 atom stereocenters. The zero-order chi connectivity index (χ0) is 73.3. The van der Waals surface area contributed by atoms with E-state index in [1.165, 1.54) is 0 Å². The van der Waals surface area contributed by atoms with Gasteiger partial charge in [0.2, 0.25) is 0 Å². The third-order valence-electron chi connectivity index (χ3n) is 14.4. The van der Waals surface area contributed by atoms with Crippen LogP contribution in [-0.4, -0.2) is 239 Å². The van der Waals surface area contributed by atoms with Crippen molar-refractivity contribution in [3.63, 3.8) is 0 Å². The van der Waals surface area contributed by atoms with Crippen molar-refractivity contribution < 1.29 is 77.8 Å². The van der Waals surface area contributed by atoms with Crippen LogP contribution in [0, 0.1) is 0 Å². The lowest BCUT2D eigenvalue weighted by molar-refractivity contribution is 0.253. The van der Waals surface area contributed by atoms with Crippen molar-refractivity contribution in [3.8, 4) is 0 Å². The number of rotatable bonds is 39. The molecule has 0 unspecified atom stereocenters. The first-order valence-corrected chi connectivity index (χ1v) is 82.8. The van der Waals surface area contributed by atoms with E-state index in [1.54, 1.807) is 85.3 Å². The summed E-state index contributed by atoms with van der Waals surface area (Å²) in [5, 5.41) is 0. The van der Waals surface area contributed by atoms with Crippen LogP contribution in [0.1, 0.15) is 0 Å². The topological polar surface area (TPSA) is 166 Å². The summed E-state index contributed by atoms with van der Waals surface area (Å²) in [6.45, 7) is 77.4. The third kappa shape index (κ3) is 53.3. The molecule has 0 aromatic heterocycles. The van der Waals surface area contributed by atoms with Gasteiger partial charge in [-0.15, -0.1) is 19.7 Å². The Morgan fingerprint density at radius 1 is 0.222 bits per heavy atom. The van der Waals surface area contributed by atoms with Crippen molar-refractivity contribution >= 4 is 153 Å². The molecule has 0 aromatic carbocycles. The van der Waals surface area contributed by atoms with E-state index in [1.807, 2.05) is 17.1 Å². The Kier molecular flexibility index (Phi) is 52.1. The third-order valence-corrected chi connectivity index (χ3v) is 89.8. The monoisotopic (exact) mass is 1590 g/mol. The molecule has 18 nitrogen and oxygen atoms in total. The second-order valence-electron chi connectivity index (χ2n) is 30.1. The van der Waals surface area contributed by atoms with E-state index >= 15 is 0 Å². The molecule has 0 heterocycles. The predicted molar refractivity (Wildman–Crippen MR) is 434 cm³/mol. The normalized spacial score (nSPS) is 13.8. The molecule has 0 saturated carbocycles. The minimum Gasteiger partial charge on any atom is -0.458 e. The summed E-state index contributed by atoms with van der Waals surface area (Å²) in [6.07, 6.45) is 0. The molecule has 0 saturated heterocycles. The van der Waals surface area contributed by atoms with Crippen molar-refractivity contribution in [2.75, 3.05) is 85.3 Å². The highest BCUT2D eigenvalue weighted by atomic mass is 28.5. The van der Waals surface area contributed by atoms with Gasteiger partial charge in [-0.25, -0.2) is 0 Å². The average Bonchev–Trinajstić information content (AvgIpc) is 2.95. The van der Waals surface area contributed by atoms with Gasteiger partial charge in [0.1, 0.15) is 0 Å². The first kappa shape index (κ1) is 103. The summed E-state index contributed by atoms with van der Waals surface area (Å²) >= 11 is 0. The standard InChI is InChI=1S/3C10H26O3Si3.3C8H24O3Si3/c3*1-9-14(4,5)13-15(6,7)10-16(8,11-2)12-3;3*1-9-14(7,10-2)8-13(5,6)11-12(3)4/h3*9H,1,10H2,2-8H3;3*12H,8H2,1-7H3. The van der Waals surface area contributed by atoms with Crippen LogP contribution in [0.15, 0.2) is 36.8 Å². The number of hydrogen-bond donors (Lipinski definition) is 0. The van der Waals surface area contributed by atoms with Gasteiger partial charge < -0.3 is 77.8 Å². The fourth-order valence-corrected chi connectivity index (χ4v) is 94.9. The van der Waals surface area contributed by atoms with E-state index in [9.17, 15) is 0 Å². The van der Waals surface area contributed by atoms with Crippen LogP contribution in [0.5, 0.6) is 0 Å². The highest BCUT2D eigenvalue weighted by Gasteiger charge is 2.46. The molecule has 0 fully saturated rings. The first-order valence-electron chi connectivity index (χ1n) is 31.7. The molecule has 0 amide bonds. The fourth-order valence-electron chi connectivity index (χ4n) is 10.4. The predicted octanol–water partition coefficient (Wildman–Crippen LogP) is 15.4. The molecular weight excluding hydrogens is 1440 g/mol. The molecule has 36 heteroatoms. The Morgan fingerprint density at radius 2 is 0.333 bits per heavy atom. The summed E-state index contributed by atoms with van der Waals surface area (Å²) in [7, 11) is -8.85. The Labute approximate surface area is 579 Å². The summed E-state index contributed by atoms with van der Waals surface area (Å²) in [5.74, 6) is 0. The molecule has 90 heavy (non-hydrogen) atoms. The summed E-state index contributed by atoms with van der Waals surface area (Å²) < 4.78 is 103. The van der Waals surface area contributed by atoms with Crippen molar-refractivity contribution in [1.29, 1.82) is 0 Å². The Bertz CT molecular complexity index is 1690. The van der Waals surface area contributed by atoms with E-state index in [4.69, 9.17) is 77.8 Å². The van der Waals surface area contributed by atoms with Crippen LogP contribution in [0.3, 0.4) is 0 Å². The van der Waals surface area contributed by atoms with Gasteiger partial charge in [0, 0.05) is 119 Å². The maximum absolute atomic E-state index is 6.31. The van der Waals surface area contributed by atoms with E-state index in [-0.39, 0.29) is 0 Å².